The second-order valence-electron chi connectivity index (χ2n) is 6.31. The molecule has 1 N–H and O–H groups in total. The summed E-state index contributed by atoms with van der Waals surface area (Å²) >= 11 is 6.12. The third-order valence-corrected chi connectivity index (χ3v) is 5.70. The Morgan fingerprint density at radius 2 is 1.87 bits per heavy atom. The molecule has 0 unspecified atom stereocenters. The van der Waals surface area contributed by atoms with Crippen molar-refractivity contribution in [2.45, 2.75) is 19.9 Å². The van der Waals surface area contributed by atoms with Crippen molar-refractivity contribution < 1.29 is 27.5 Å². The van der Waals surface area contributed by atoms with Gasteiger partial charge in [-0.05, 0) is 44.2 Å². The summed E-state index contributed by atoms with van der Waals surface area (Å²) in [7, 11) is -2.41. The summed E-state index contributed by atoms with van der Waals surface area (Å²) in [6, 6.07) is 9.58. The summed E-state index contributed by atoms with van der Waals surface area (Å²) in [5.41, 5.74) is 0.580. The highest BCUT2D eigenvalue weighted by atomic mass is 35.5. The van der Waals surface area contributed by atoms with Crippen LogP contribution < -0.4 is 14.4 Å². The highest BCUT2D eigenvalue weighted by Crippen LogP contribution is 2.31. The molecule has 0 saturated carbocycles. The number of anilines is 2. The number of nitrogens with zero attached hydrogens (tertiary/aromatic N) is 1. The fourth-order valence-corrected chi connectivity index (χ4v) is 4.24. The van der Waals surface area contributed by atoms with Gasteiger partial charge in [0, 0.05) is 0 Å². The standard InChI is InChI=1S/C20H23ClN2O6S/c1-5-29-20(25)15-8-6-7-9-17(15)22-19(24)13(2)23(30(4,26)27)14-10-11-18(28-3)16(21)12-14/h6-13H,5H2,1-4H3,(H,22,24)/t13-/m1/s1. The van der Waals surface area contributed by atoms with E-state index in [1.54, 1.807) is 19.1 Å². The van der Waals surface area contributed by atoms with Crippen LogP contribution in [0.1, 0.15) is 24.2 Å². The maximum Gasteiger partial charge on any atom is 0.340 e. The first-order valence-corrected chi connectivity index (χ1v) is 11.2. The maximum absolute atomic E-state index is 12.9. The smallest absolute Gasteiger partial charge is 0.340 e. The van der Waals surface area contributed by atoms with Crippen LogP contribution in [0.3, 0.4) is 0 Å². The summed E-state index contributed by atoms with van der Waals surface area (Å²) < 4.78 is 35.9. The van der Waals surface area contributed by atoms with E-state index in [1.165, 1.54) is 44.4 Å². The second-order valence-corrected chi connectivity index (χ2v) is 8.58. The van der Waals surface area contributed by atoms with Crippen molar-refractivity contribution in [2.24, 2.45) is 0 Å². The Balaban J connectivity index is 2.37. The predicted octanol–water partition coefficient (Wildman–Crippen LogP) is 3.32. The highest BCUT2D eigenvalue weighted by Gasteiger charge is 2.30. The lowest BCUT2D eigenvalue weighted by Crippen LogP contribution is -2.45. The Hall–Kier alpha value is -2.78. The molecule has 0 aliphatic carbocycles. The molecule has 162 valence electrons. The first-order valence-electron chi connectivity index (χ1n) is 9.00. The molecule has 2 rings (SSSR count). The van der Waals surface area contributed by atoms with E-state index in [4.69, 9.17) is 21.1 Å². The molecule has 1 amide bonds. The van der Waals surface area contributed by atoms with Gasteiger partial charge in [-0.2, -0.15) is 0 Å². The van der Waals surface area contributed by atoms with Gasteiger partial charge in [0.2, 0.25) is 15.9 Å². The Morgan fingerprint density at radius 1 is 1.20 bits per heavy atom. The number of ether oxygens (including phenoxy) is 2. The SMILES string of the molecule is CCOC(=O)c1ccccc1NC(=O)[C@@H](C)N(c1ccc(OC)c(Cl)c1)S(C)(=O)=O. The molecule has 8 nitrogen and oxygen atoms in total. The predicted molar refractivity (Wildman–Crippen MR) is 116 cm³/mol. The number of hydrogen-bond donors (Lipinski definition) is 1. The van der Waals surface area contributed by atoms with Gasteiger partial charge in [-0.3, -0.25) is 9.10 Å². The lowest BCUT2D eigenvalue weighted by molar-refractivity contribution is -0.116. The zero-order valence-corrected chi connectivity index (χ0v) is 18.6. The second kappa shape index (κ2) is 9.82. The molecule has 0 aromatic heterocycles. The summed E-state index contributed by atoms with van der Waals surface area (Å²) in [5.74, 6) is -0.860. The lowest BCUT2D eigenvalue weighted by Gasteiger charge is -2.28. The molecular formula is C20H23ClN2O6S. The monoisotopic (exact) mass is 454 g/mol. The van der Waals surface area contributed by atoms with Gasteiger partial charge in [0.05, 0.1) is 41.9 Å². The Labute approximate surface area is 180 Å². The van der Waals surface area contributed by atoms with E-state index in [-0.39, 0.29) is 28.6 Å². The van der Waals surface area contributed by atoms with Crippen LogP contribution in [0.15, 0.2) is 42.5 Å². The molecule has 10 heteroatoms. The van der Waals surface area contributed by atoms with E-state index in [0.717, 1.165) is 10.6 Å². The van der Waals surface area contributed by atoms with Crippen LogP contribution in [0.5, 0.6) is 5.75 Å². The Morgan fingerprint density at radius 3 is 2.43 bits per heavy atom. The number of carbonyl (C=O) groups excluding carboxylic acids is 2. The number of sulfonamides is 1. The molecule has 0 saturated heterocycles. The van der Waals surface area contributed by atoms with Crippen LogP contribution in [0.25, 0.3) is 0 Å². The minimum atomic E-state index is -3.84. The van der Waals surface area contributed by atoms with Crippen LogP contribution >= 0.6 is 11.6 Å². The zero-order chi connectivity index (χ0) is 22.5. The summed E-state index contributed by atoms with van der Waals surface area (Å²) in [6.45, 7) is 3.28. The van der Waals surface area contributed by atoms with Crippen molar-refractivity contribution in [3.8, 4) is 5.75 Å². The van der Waals surface area contributed by atoms with Gasteiger partial charge >= 0.3 is 5.97 Å². The normalized spacial score (nSPS) is 12.0. The minimum absolute atomic E-state index is 0.165. The largest absolute Gasteiger partial charge is 0.495 e. The maximum atomic E-state index is 12.9. The van der Waals surface area contributed by atoms with Crippen LogP contribution in [0.4, 0.5) is 11.4 Å². The van der Waals surface area contributed by atoms with Crippen LogP contribution in [-0.2, 0) is 19.6 Å². The lowest BCUT2D eigenvalue weighted by atomic mass is 10.1. The first kappa shape index (κ1) is 23.5. The van der Waals surface area contributed by atoms with Crippen molar-refractivity contribution in [3.05, 3.63) is 53.1 Å². The van der Waals surface area contributed by atoms with Gasteiger partial charge < -0.3 is 14.8 Å². The van der Waals surface area contributed by atoms with Gasteiger partial charge in [-0.1, -0.05) is 23.7 Å². The number of amides is 1. The van der Waals surface area contributed by atoms with Gasteiger partial charge in [-0.15, -0.1) is 0 Å². The van der Waals surface area contributed by atoms with Crippen molar-refractivity contribution >= 4 is 44.9 Å². The quantitative estimate of drug-likeness (QED) is 0.614. The van der Waals surface area contributed by atoms with E-state index in [2.05, 4.69) is 5.32 Å². The van der Waals surface area contributed by atoms with Crippen molar-refractivity contribution in [1.29, 1.82) is 0 Å². The third kappa shape index (κ3) is 5.43. The average Bonchev–Trinajstić information content (AvgIpc) is 2.67. The third-order valence-electron chi connectivity index (χ3n) is 4.16. The van der Waals surface area contributed by atoms with Crippen LogP contribution in [-0.4, -0.2) is 46.3 Å². The minimum Gasteiger partial charge on any atom is -0.495 e. The summed E-state index contributed by atoms with van der Waals surface area (Å²) in [4.78, 5) is 25.0. The molecule has 0 heterocycles. The summed E-state index contributed by atoms with van der Waals surface area (Å²) in [5, 5.41) is 2.80. The number of para-hydroxylation sites is 1. The zero-order valence-electron chi connectivity index (χ0n) is 17.0. The van der Waals surface area contributed by atoms with Gasteiger partial charge in [0.1, 0.15) is 11.8 Å². The number of nitrogens with one attached hydrogen (secondary N) is 1. The van der Waals surface area contributed by atoms with Gasteiger partial charge in [0.15, 0.2) is 0 Å². The molecule has 2 aromatic rings. The van der Waals surface area contributed by atoms with Gasteiger partial charge in [0.25, 0.3) is 0 Å². The number of carbonyl (C=O) groups is 2. The molecule has 1 atom stereocenters. The van der Waals surface area contributed by atoms with E-state index in [1.807, 2.05) is 0 Å². The fraction of sp³-hybridized carbons (Fsp3) is 0.300. The molecule has 0 aliphatic heterocycles. The van der Waals surface area contributed by atoms with Crippen LogP contribution in [0.2, 0.25) is 5.02 Å². The molecule has 0 radical (unpaired) electrons. The average molecular weight is 455 g/mol. The highest BCUT2D eigenvalue weighted by molar-refractivity contribution is 7.92. The van der Waals surface area contributed by atoms with E-state index in [0.29, 0.717) is 5.75 Å². The number of hydrogen-bond acceptors (Lipinski definition) is 6. The molecule has 0 aliphatic rings. The Bertz CT molecular complexity index is 1040. The van der Waals surface area contributed by atoms with E-state index < -0.39 is 27.9 Å². The molecule has 30 heavy (non-hydrogen) atoms. The number of methoxy groups -OCH3 is 1. The molecule has 0 spiro atoms. The van der Waals surface area contributed by atoms with Crippen molar-refractivity contribution in [2.75, 3.05) is 29.6 Å². The first-order chi connectivity index (χ1) is 14.1. The van der Waals surface area contributed by atoms with Crippen molar-refractivity contribution in [1.82, 2.24) is 0 Å². The van der Waals surface area contributed by atoms with Crippen molar-refractivity contribution in [3.63, 3.8) is 0 Å². The topological polar surface area (TPSA) is 102 Å². The van der Waals surface area contributed by atoms with E-state index >= 15 is 0 Å². The number of esters is 1. The molecule has 0 bridgehead atoms. The number of benzene rings is 2. The molecule has 2 aromatic carbocycles. The molecular weight excluding hydrogens is 432 g/mol. The summed E-state index contributed by atoms with van der Waals surface area (Å²) in [6.07, 6.45) is 0.988. The number of rotatable bonds is 8. The number of halogens is 1. The van der Waals surface area contributed by atoms with Crippen LogP contribution in [0, 0.1) is 0 Å². The van der Waals surface area contributed by atoms with Gasteiger partial charge in [-0.25, -0.2) is 13.2 Å². The molecule has 0 fully saturated rings. The Kier molecular flexibility index (Phi) is 7.69. The fourth-order valence-electron chi connectivity index (χ4n) is 2.82. The van der Waals surface area contributed by atoms with E-state index in [9.17, 15) is 18.0 Å².